The van der Waals surface area contributed by atoms with Crippen molar-refractivity contribution in [2.24, 2.45) is 0 Å². The second-order valence-corrected chi connectivity index (χ2v) is 20.7. The number of carbonyl (C=O) groups is 1. The lowest BCUT2D eigenvalue weighted by atomic mass is 10.0. The molecule has 2 nitrogen and oxygen atoms in total. The van der Waals surface area contributed by atoms with Gasteiger partial charge in [-0.25, -0.2) is 0 Å². The van der Waals surface area contributed by atoms with Crippen LogP contribution in [0, 0.1) is 0 Å². The smallest absolute Gasteiger partial charge is 0.305 e. The van der Waals surface area contributed by atoms with E-state index in [1.807, 2.05) is 0 Å². The number of carbonyl (C=O) groups excluding carboxylic acids is 1. The van der Waals surface area contributed by atoms with Crippen LogP contribution in [0.25, 0.3) is 0 Å². The highest BCUT2D eigenvalue weighted by Gasteiger charge is 2.03. The summed E-state index contributed by atoms with van der Waals surface area (Å²) in [6.45, 7) is 5.25. The summed E-state index contributed by atoms with van der Waals surface area (Å²) in [5, 5.41) is 0. The van der Waals surface area contributed by atoms with E-state index in [9.17, 15) is 4.79 Å². The molecule has 0 unspecified atom stereocenters. The van der Waals surface area contributed by atoms with Crippen molar-refractivity contribution >= 4 is 5.97 Å². The zero-order chi connectivity index (χ0) is 44.6. The third-order valence-electron chi connectivity index (χ3n) is 14.2. The van der Waals surface area contributed by atoms with E-state index >= 15 is 0 Å². The second kappa shape index (κ2) is 58.5. The SMILES string of the molecule is CCCCCCCCCCCCCCCCCCCCCCCCCCCCCCCC(=O)OCCCCCCCCCCCCCCCCCCCCCCCCCCCC. The molecule has 0 aromatic heterocycles. The molecule has 0 spiro atoms. The molecule has 0 saturated carbocycles. The van der Waals surface area contributed by atoms with E-state index in [1.54, 1.807) is 0 Å². The average molecular weight is 874 g/mol. The van der Waals surface area contributed by atoms with Gasteiger partial charge in [0.05, 0.1) is 6.61 Å². The number of hydrogen-bond acceptors (Lipinski definition) is 2. The highest BCUT2D eigenvalue weighted by Crippen LogP contribution is 2.19. The van der Waals surface area contributed by atoms with Gasteiger partial charge in [-0.1, -0.05) is 354 Å². The molecule has 0 saturated heterocycles. The molecule has 0 rings (SSSR count). The molecule has 0 N–H and O–H groups in total. The normalized spacial score (nSPS) is 11.6. The fourth-order valence-electron chi connectivity index (χ4n) is 9.79. The van der Waals surface area contributed by atoms with Gasteiger partial charge in [0.2, 0.25) is 0 Å². The molecule has 0 amide bonds. The number of unbranched alkanes of at least 4 members (excludes halogenated alkanes) is 53. The van der Waals surface area contributed by atoms with Gasteiger partial charge in [-0.15, -0.1) is 0 Å². The van der Waals surface area contributed by atoms with Crippen molar-refractivity contribution in [1.82, 2.24) is 0 Å². The molecule has 0 aliphatic heterocycles. The molecule has 0 heterocycles. The fraction of sp³-hybridized carbons (Fsp3) is 0.983. The lowest BCUT2D eigenvalue weighted by Crippen LogP contribution is -2.05. The first-order valence-electron chi connectivity index (χ1n) is 30.0. The molecule has 0 radical (unpaired) electrons. The Kier molecular flexibility index (Phi) is 58.0. The standard InChI is InChI=1S/C60H120O2/c1-3-5-7-9-11-13-15-17-19-21-23-25-27-29-31-32-33-34-36-38-40-42-44-46-48-50-52-54-56-58-60(61)62-59-57-55-53-51-49-47-45-43-41-39-37-35-30-28-26-24-22-20-18-16-14-12-10-8-6-4-2/h3-59H2,1-2H3. The highest BCUT2D eigenvalue weighted by atomic mass is 16.5. The number of esters is 1. The molecule has 0 aromatic carbocycles. The van der Waals surface area contributed by atoms with Gasteiger partial charge in [-0.2, -0.15) is 0 Å². The van der Waals surface area contributed by atoms with Crippen LogP contribution in [0.5, 0.6) is 0 Å². The van der Waals surface area contributed by atoms with Crippen molar-refractivity contribution in [3.05, 3.63) is 0 Å². The summed E-state index contributed by atoms with van der Waals surface area (Å²) >= 11 is 0. The molecule has 372 valence electrons. The Labute approximate surface area is 394 Å². The van der Waals surface area contributed by atoms with Gasteiger partial charge in [0, 0.05) is 6.42 Å². The quantitative estimate of drug-likeness (QED) is 0.0450. The summed E-state index contributed by atoms with van der Waals surface area (Å²) in [6, 6.07) is 0. The van der Waals surface area contributed by atoms with Gasteiger partial charge in [-0.3, -0.25) is 4.79 Å². The van der Waals surface area contributed by atoms with Crippen molar-refractivity contribution < 1.29 is 9.53 Å². The summed E-state index contributed by atoms with van der Waals surface area (Å²) in [7, 11) is 0. The van der Waals surface area contributed by atoms with Gasteiger partial charge in [0.25, 0.3) is 0 Å². The van der Waals surface area contributed by atoms with Crippen LogP contribution in [0.1, 0.15) is 373 Å². The minimum atomic E-state index is 0.0367. The summed E-state index contributed by atoms with van der Waals surface area (Å²) in [5.74, 6) is 0.0367. The van der Waals surface area contributed by atoms with Crippen molar-refractivity contribution in [1.29, 1.82) is 0 Å². The summed E-state index contributed by atoms with van der Waals surface area (Å²) in [5.41, 5.74) is 0. The Morgan fingerprint density at radius 3 is 0.532 bits per heavy atom. The van der Waals surface area contributed by atoms with Gasteiger partial charge >= 0.3 is 5.97 Å². The first-order valence-corrected chi connectivity index (χ1v) is 30.0. The van der Waals surface area contributed by atoms with E-state index in [0.29, 0.717) is 13.0 Å². The largest absolute Gasteiger partial charge is 0.466 e. The third-order valence-corrected chi connectivity index (χ3v) is 14.2. The van der Waals surface area contributed by atoms with Crippen molar-refractivity contribution in [3.63, 3.8) is 0 Å². The summed E-state index contributed by atoms with van der Waals surface area (Å²) in [4.78, 5) is 12.1. The molecule has 0 fully saturated rings. The van der Waals surface area contributed by atoms with Gasteiger partial charge in [-0.05, 0) is 12.8 Å². The average Bonchev–Trinajstić information content (AvgIpc) is 3.28. The molecule has 0 aliphatic carbocycles. The van der Waals surface area contributed by atoms with Gasteiger partial charge < -0.3 is 4.74 Å². The zero-order valence-electron chi connectivity index (χ0n) is 43.6. The minimum Gasteiger partial charge on any atom is -0.466 e. The predicted molar refractivity (Wildman–Crippen MR) is 281 cm³/mol. The Morgan fingerprint density at radius 1 is 0.210 bits per heavy atom. The molecular formula is C60H120O2. The van der Waals surface area contributed by atoms with Crippen molar-refractivity contribution in [2.45, 2.75) is 373 Å². The monoisotopic (exact) mass is 873 g/mol. The maximum Gasteiger partial charge on any atom is 0.305 e. The predicted octanol–water partition coefficient (Wildman–Crippen LogP) is 22.4. The van der Waals surface area contributed by atoms with Crippen LogP contribution in [-0.2, 0) is 9.53 Å². The van der Waals surface area contributed by atoms with Crippen LogP contribution in [-0.4, -0.2) is 12.6 Å². The summed E-state index contributed by atoms with van der Waals surface area (Å²) < 4.78 is 5.52. The minimum absolute atomic E-state index is 0.0367. The van der Waals surface area contributed by atoms with Crippen LogP contribution < -0.4 is 0 Å². The van der Waals surface area contributed by atoms with Crippen LogP contribution in [0.2, 0.25) is 0 Å². The topological polar surface area (TPSA) is 26.3 Å². The number of rotatable bonds is 57. The molecule has 0 atom stereocenters. The molecule has 0 aromatic rings. The van der Waals surface area contributed by atoms with E-state index in [2.05, 4.69) is 13.8 Å². The molecule has 2 heteroatoms. The molecule has 0 aliphatic rings. The number of ether oxygens (including phenoxy) is 1. The Hall–Kier alpha value is -0.530. The molecule has 0 bridgehead atoms. The van der Waals surface area contributed by atoms with Crippen LogP contribution >= 0.6 is 0 Å². The van der Waals surface area contributed by atoms with Crippen LogP contribution in [0.4, 0.5) is 0 Å². The van der Waals surface area contributed by atoms with Gasteiger partial charge in [0.15, 0.2) is 0 Å². The number of hydrogen-bond donors (Lipinski definition) is 0. The van der Waals surface area contributed by atoms with Crippen molar-refractivity contribution in [2.75, 3.05) is 6.61 Å². The fourth-order valence-corrected chi connectivity index (χ4v) is 9.79. The molecule has 62 heavy (non-hydrogen) atoms. The lowest BCUT2D eigenvalue weighted by Gasteiger charge is -2.06. The van der Waals surface area contributed by atoms with E-state index in [-0.39, 0.29) is 5.97 Å². The first kappa shape index (κ1) is 61.5. The third kappa shape index (κ3) is 57.5. The maximum atomic E-state index is 12.1. The first-order chi connectivity index (χ1) is 30.8. The van der Waals surface area contributed by atoms with E-state index in [4.69, 9.17) is 4.74 Å². The van der Waals surface area contributed by atoms with Gasteiger partial charge in [0.1, 0.15) is 0 Å². The van der Waals surface area contributed by atoms with Crippen molar-refractivity contribution in [3.8, 4) is 0 Å². The Bertz CT molecular complexity index is 777. The Morgan fingerprint density at radius 2 is 0.355 bits per heavy atom. The van der Waals surface area contributed by atoms with Crippen LogP contribution in [0.3, 0.4) is 0 Å². The van der Waals surface area contributed by atoms with E-state index < -0.39 is 0 Å². The van der Waals surface area contributed by atoms with E-state index in [1.165, 1.54) is 340 Å². The highest BCUT2D eigenvalue weighted by molar-refractivity contribution is 5.69. The lowest BCUT2D eigenvalue weighted by molar-refractivity contribution is -0.143. The zero-order valence-corrected chi connectivity index (χ0v) is 43.6. The Balaban J connectivity index is 3.14. The molecular weight excluding hydrogens is 753 g/mol. The second-order valence-electron chi connectivity index (χ2n) is 20.7. The summed E-state index contributed by atoms with van der Waals surface area (Å²) in [6.07, 6.45) is 78.7. The maximum absolute atomic E-state index is 12.1. The van der Waals surface area contributed by atoms with Crippen LogP contribution in [0.15, 0.2) is 0 Å². The van der Waals surface area contributed by atoms with E-state index in [0.717, 1.165) is 12.8 Å².